The summed E-state index contributed by atoms with van der Waals surface area (Å²) >= 11 is 1.53. The molecule has 0 spiro atoms. The van der Waals surface area contributed by atoms with Gasteiger partial charge in [-0.3, -0.25) is 0 Å². The van der Waals surface area contributed by atoms with Gasteiger partial charge in [0.1, 0.15) is 10.8 Å². The largest absolute Gasteiger partial charge is 0.336 e. The van der Waals surface area contributed by atoms with Gasteiger partial charge in [0.05, 0.1) is 6.54 Å². The molecule has 2 amide bonds. The van der Waals surface area contributed by atoms with E-state index in [0.717, 1.165) is 23.4 Å². The molecule has 0 saturated carbocycles. The van der Waals surface area contributed by atoms with Gasteiger partial charge in [0, 0.05) is 24.7 Å². The highest BCUT2D eigenvalue weighted by atomic mass is 32.1. The van der Waals surface area contributed by atoms with Crippen molar-refractivity contribution in [1.82, 2.24) is 15.2 Å². The van der Waals surface area contributed by atoms with Gasteiger partial charge in [-0.05, 0) is 37.5 Å². The number of benzene rings is 1. The Kier molecular flexibility index (Phi) is 5.89. The fourth-order valence-corrected chi connectivity index (χ4v) is 2.74. The second-order valence-electron chi connectivity index (χ2n) is 5.30. The van der Waals surface area contributed by atoms with Crippen molar-refractivity contribution in [2.24, 2.45) is 0 Å². The van der Waals surface area contributed by atoms with Crippen molar-refractivity contribution in [3.05, 3.63) is 52.2 Å². The van der Waals surface area contributed by atoms with Crippen LogP contribution in [-0.4, -0.2) is 29.0 Å². The molecule has 2 rings (SSSR count). The zero-order valence-corrected chi connectivity index (χ0v) is 13.6. The third-order valence-electron chi connectivity index (χ3n) is 3.33. The molecular weight excluding hydrogens is 301 g/mol. The van der Waals surface area contributed by atoms with Crippen molar-refractivity contribution in [3.63, 3.8) is 0 Å². The van der Waals surface area contributed by atoms with E-state index >= 15 is 0 Å². The number of hydrogen-bond acceptors (Lipinski definition) is 3. The molecule has 1 atom stereocenters. The summed E-state index contributed by atoms with van der Waals surface area (Å²) in [6, 6.07) is 6.46. The van der Waals surface area contributed by atoms with Crippen LogP contribution in [0.3, 0.4) is 0 Å². The number of aryl methyl sites for hydroxylation is 1. The van der Waals surface area contributed by atoms with E-state index in [1.54, 1.807) is 24.2 Å². The fraction of sp³-hybridized carbons (Fsp3) is 0.375. The highest BCUT2D eigenvalue weighted by molar-refractivity contribution is 7.09. The number of halogens is 1. The van der Waals surface area contributed by atoms with Crippen molar-refractivity contribution in [2.75, 3.05) is 7.05 Å². The summed E-state index contributed by atoms with van der Waals surface area (Å²) < 4.78 is 13.1. The normalized spacial score (nSPS) is 12.0. The van der Waals surface area contributed by atoms with Gasteiger partial charge in [0.15, 0.2) is 0 Å². The Morgan fingerprint density at radius 3 is 3.00 bits per heavy atom. The highest BCUT2D eigenvalue weighted by Gasteiger charge is 2.13. The molecule has 1 heterocycles. The van der Waals surface area contributed by atoms with Crippen LogP contribution in [0.4, 0.5) is 9.18 Å². The van der Waals surface area contributed by atoms with Gasteiger partial charge in [-0.25, -0.2) is 14.2 Å². The van der Waals surface area contributed by atoms with Crippen molar-refractivity contribution >= 4 is 17.4 Å². The number of aromatic nitrogens is 1. The fourth-order valence-electron chi connectivity index (χ4n) is 2.07. The predicted molar refractivity (Wildman–Crippen MR) is 86.3 cm³/mol. The number of nitrogens with zero attached hydrogens (tertiary/aromatic N) is 2. The molecule has 22 heavy (non-hydrogen) atoms. The summed E-state index contributed by atoms with van der Waals surface area (Å²) in [5.41, 5.74) is 0.942. The first-order valence-electron chi connectivity index (χ1n) is 7.19. The smallest absolute Gasteiger partial charge is 0.317 e. The minimum Gasteiger partial charge on any atom is -0.336 e. The van der Waals surface area contributed by atoms with Gasteiger partial charge in [-0.2, -0.15) is 0 Å². The van der Waals surface area contributed by atoms with E-state index in [2.05, 4.69) is 10.3 Å². The highest BCUT2D eigenvalue weighted by Crippen LogP contribution is 2.09. The molecule has 0 aliphatic carbocycles. The quantitative estimate of drug-likeness (QED) is 0.886. The molecular formula is C16H20FN3OS. The van der Waals surface area contributed by atoms with Crippen LogP contribution >= 0.6 is 11.3 Å². The first-order valence-corrected chi connectivity index (χ1v) is 8.07. The van der Waals surface area contributed by atoms with Crippen LogP contribution in [0.2, 0.25) is 0 Å². The molecule has 1 N–H and O–H groups in total. The SMILES string of the molecule is CC(CCc1cccc(F)c1)NC(=O)N(C)Cc1nccs1. The standard InChI is InChI=1S/C16H20FN3OS/c1-12(6-7-13-4-3-5-14(17)10-13)19-16(21)20(2)11-15-18-8-9-22-15/h3-5,8-10,12H,6-7,11H2,1-2H3,(H,19,21). The Labute approximate surface area is 134 Å². The number of carbonyl (C=O) groups excluding carboxylic acids is 1. The monoisotopic (exact) mass is 321 g/mol. The Morgan fingerprint density at radius 1 is 1.50 bits per heavy atom. The van der Waals surface area contributed by atoms with E-state index in [1.165, 1.54) is 23.5 Å². The minimum absolute atomic E-state index is 0.0227. The molecule has 2 aromatic rings. The van der Waals surface area contributed by atoms with Gasteiger partial charge in [0.25, 0.3) is 0 Å². The zero-order valence-electron chi connectivity index (χ0n) is 12.8. The summed E-state index contributed by atoms with van der Waals surface area (Å²) in [7, 11) is 1.75. The lowest BCUT2D eigenvalue weighted by Gasteiger charge is -2.20. The minimum atomic E-state index is -0.225. The Morgan fingerprint density at radius 2 is 2.32 bits per heavy atom. The van der Waals surface area contributed by atoms with Gasteiger partial charge < -0.3 is 10.2 Å². The maximum Gasteiger partial charge on any atom is 0.317 e. The van der Waals surface area contributed by atoms with Crippen LogP contribution in [0.15, 0.2) is 35.8 Å². The summed E-state index contributed by atoms with van der Waals surface area (Å²) in [5.74, 6) is -0.225. The first kappa shape index (κ1) is 16.4. The molecule has 1 unspecified atom stereocenters. The maximum atomic E-state index is 13.1. The maximum absolute atomic E-state index is 13.1. The average molecular weight is 321 g/mol. The summed E-state index contributed by atoms with van der Waals surface area (Å²) in [6.45, 7) is 2.45. The molecule has 0 radical (unpaired) electrons. The Hall–Kier alpha value is -1.95. The lowest BCUT2D eigenvalue weighted by Crippen LogP contribution is -2.41. The van der Waals surface area contributed by atoms with E-state index in [4.69, 9.17) is 0 Å². The van der Waals surface area contributed by atoms with E-state index in [0.29, 0.717) is 6.54 Å². The summed E-state index contributed by atoms with van der Waals surface area (Å²) in [5, 5.41) is 5.75. The van der Waals surface area contributed by atoms with Crippen LogP contribution in [0.25, 0.3) is 0 Å². The second-order valence-corrected chi connectivity index (χ2v) is 6.28. The summed E-state index contributed by atoms with van der Waals surface area (Å²) in [4.78, 5) is 17.8. The molecule has 0 bridgehead atoms. The van der Waals surface area contributed by atoms with Crippen molar-refractivity contribution in [2.45, 2.75) is 32.4 Å². The second kappa shape index (κ2) is 7.89. The molecule has 0 aliphatic rings. The molecule has 1 aromatic carbocycles. The molecule has 4 nitrogen and oxygen atoms in total. The molecule has 0 fully saturated rings. The molecule has 0 aliphatic heterocycles. The van der Waals surface area contributed by atoms with Crippen LogP contribution in [0.5, 0.6) is 0 Å². The number of nitrogens with one attached hydrogen (secondary N) is 1. The van der Waals surface area contributed by atoms with E-state index in [1.807, 2.05) is 18.4 Å². The van der Waals surface area contributed by atoms with Crippen LogP contribution in [0, 0.1) is 5.82 Å². The van der Waals surface area contributed by atoms with Gasteiger partial charge in [0.2, 0.25) is 0 Å². The van der Waals surface area contributed by atoms with Gasteiger partial charge in [-0.15, -0.1) is 11.3 Å². The van der Waals surface area contributed by atoms with Crippen LogP contribution in [0.1, 0.15) is 23.9 Å². The number of urea groups is 1. The third kappa shape index (κ3) is 5.11. The predicted octanol–water partition coefficient (Wildman–Crippen LogP) is 3.44. The Balaban J connectivity index is 1.76. The van der Waals surface area contributed by atoms with E-state index in [9.17, 15) is 9.18 Å². The molecule has 118 valence electrons. The average Bonchev–Trinajstić information content (AvgIpc) is 2.98. The first-order chi connectivity index (χ1) is 10.5. The van der Waals surface area contributed by atoms with Crippen molar-refractivity contribution in [1.29, 1.82) is 0 Å². The lowest BCUT2D eigenvalue weighted by atomic mass is 10.1. The number of hydrogen-bond donors (Lipinski definition) is 1. The van der Waals surface area contributed by atoms with Crippen molar-refractivity contribution in [3.8, 4) is 0 Å². The topological polar surface area (TPSA) is 45.2 Å². The number of rotatable bonds is 6. The summed E-state index contributed by atoms with van der Waals surface area (Å²) in [6.07, 6.45) is 3.23. The van der Waals surface area contributed by atoms with Gasteiger partial charge >= 0.3 is 6.03 Å². The van der Waals surface area contributed by atoms with Gasteiger partial charge in [-0.1, -0.05) is 12.1 Å². The molecule has 0 saturated heterocycles. The number of carbonyl (C=O) groups is 1. The van der Waals surface area contributed by atoms with Crippen LogP contribution in [-0.2, 0) is 13.0 Å². The Bertz CT molecular complexity index is 603. The van der Waals surface area contributed by atoms with Crippen LogP contribution < -0.4 is 5.32 Å². The van der Waals surface area contributed by atoms with Crippen molar-refractivity contribution < 1.29 is 9.18 Å². The molecule has 6 heteroatoms. The van der Waals surface area contributed by atoms with E-state index in [-0.39, 0.29) is 17.9 Å². The zero-order chi connectivity index (χ0) is 15.9. The molecule has 1 aromatic heterocycles. The number of amides is 2. The number of thiazole rings is 1. The third-order valence-corrected chi connectivity index (χ3v) is 4.09. The lowest BCUT2D eigenvalue weighted by molar-refractivity contribution is 0.203. The van der Waals surface area contributed by atoms with E-state index < -0.39 is 0 Å².